The molecule has 0 bridgehead atoms. The lowest BCUT2D eigenvalue weighted by atomic mass is 10.1. The molecule has 0 spiro atoms. The maximum absolute atomic E-state index is 5.94. The third kappa shape index (κ3) is 5.73. The molecule has 7 nitrogen and oxygen atoms in total. The predicted octanol–water partition coefficient (Wildman–Crippen LogP) is 3.27. The van der Waals surface area contributed by atoms with Gasteiger partial charge in [0, 0.05) is 45.3 Å². The van der Waals surface area contributed by atoms with E-state index in [1.165, 1.54) is 5.56 Å². The van der Waals surface area contributed by atoms with E-state index in [4.69, 9.17) is 13.9 Å². The zero-order valence-corrected chi connectivity index (χ0v) is 20.0. The van der Waals surface area contributed by atoms with Crippen molar-refractivity contribution >= 4 is 29.9 Å². The highest BCUT2D eigenvalue weighted by atomic mass is 127. The minimum Gasteiger partial charge on any atom is -0.444 e. The molecule has 1 aromatic carbocycles. The van der Waals surface area contributed by atoms with E-state index in [9.17, 15) is 0 Å². The Bertz CT molecular complexity index is 818. The third-order valence-corrected chi connectivity index (χ3v) is 5.50. The Hall–Kier alpha value is -1.65. The van der Waals surface area contributed by atoms with Crippen molar-refractivity contribution in [3.8, 4) is 11.5 Å². The summed E-state index contributed by atoms with van der Waals surface area (Å²) in [4.78, 5) is 11.3. The van der Waals surface area contributed by atoms with Gasteiger partial charge in [-0.1, -0.05) is 17.7 Å². The Balaban J connectivity index is 0.00000256. The van der Waals surface area contributed by atoms with Crippen molar-refractivity contribution in [2.45, 2.75) is 38.4 Å². The number of aryl methyl sites for hydroxylation is 1. The zero-order chi connectivity index (χ0) is 20.1. The second kappa shape index (κ2) is 11.1. The van der Waals surface area contributed by atoms with Crippen LogP contribution in [0.5, 0.6) is 0 Å². The summed E-state index contributed by atoms with van der Waals surface area (Å²) in [5.41, 5.74) is 3.16. The number of aliphatic imine (C=N–C) groups is 1. The summed E-state index contributed by atoms with van der Waals surface area (Å²) in [6, 6.07) is 8.20. The number of oxazole rings is 1. The lowest BCUT2D eigenvalue weighted by Crippen LogP contribution is -2.53. The van der Waals surface area contributed by atoms with E-state index in [0.29, 0.717) is 12.5 Å². The smallest absolute Gasteiger partial charge is 0.226 e. The average molecular weight is 526 g/mol. The van der Waals surface area contributed by atoms with Gasteiger partial charge in [-0.3, -0.25) is 4.99 Å². The Morgan fingerprint density at radius 2 is 2.00 bits per heavy atom. The van der Waals surface area contributed by atoms with Crippen molar-refractivity contribution in [3.63, 3.8) is 0 Å². The summed E-state index contributed by atoms with van der Waals surface area (Å²) in [5, 5.41) is 3.45. The van der Waals surface area contributed by atoms with E-state index in [1.54, 1.807) is 6.26 Å². The molecule has 3 heterocycles. The lowest BCUT2D eigenvalue weighted by molar-refractivity contribution is -0.0816. The van der Waals surface area contributed by atoms with Crippen molar-refractivity contribution in [1.29, 1.82) is 0 Å². The SMILES string of the molecule is CN=C(NCCc1coc(-c2ccc(C)cc2)n1)N1CCOC(C2CCCO2)C1.I. The van der Waals surface area contributed by atoms with Gasteiger partial charge in [0.05, 0.1) is 18.4 Å². The van der Waals surface area contributed by atoms with Crippen LogP contribution >= 0.6 is 24.0 Å². The molecule has 0 amide bonds. The first kappa shape index (κ1) is 23.0. The number of aromatic nitrogens is 1. The highest BCUT2D eigenvalue weighted by Crippen LogP contribution is 2.21. The summed E-state index contributed by atoms with van der Waals surface area (Å²) in [6.07, 6.45) is 5.05. The van der Waals surface area contributed by atoms with Crippen molar-refractivity contribution in [1.82, 2.24) is 15.2 Å². The van der Waals surface area contributed by atoms with Gasteiger partial charge < -0.3 is 24.1 Å². The number of nitrogens with zero attached hydrogens (tertiary/aromatic N) is 3. The van der Waals surface area contributed by atoms with Crippen LogP contribution < -0.4 is 5.32 Å². The quantitative estimate of drug-likeness (QED) is 0.367. The molecule has 2 aliphatic heterocycles. The topological polar surface area (TPSA) is 72.1 Å². The first-order valence-electron chi connectivity index (χ1n) is 10.4. The van der Waals surface area contributed by atoms with E-state index in [2.05, 4.69) is 39.2 Å². The highest BCUT2D eigenvalue weighted by Gasteiger charge is 2.32. The number of rotatable bonds is 5. The second-order valence-electron chi connectivity index (χ2n) is 7.64. The van der Waals surface area contributed by atoms with Gasteiger partial charge in [0.2, 0.25) is 5.89 Å². The number of ether oxygens (including phenoxy) is 2. The van der Waals surface area contributed by atoms with E-state index >= 15 is 0 Å². The van der Waals surface area contributed by atoms with Crippen LogP contribution in [-0.2, 0) is 15.9 Å². The Morgan fingerprint density at radius 3 is 2.73 bits per heavy atom. The molecule has 1 aromatic heterocycles. The van der Waals surface area contributed by atoms with Crippen LogP contribution in [0.4, 0.5) is 0 Å². The van der Waals surface area contributed by atoms with Gasteiger partial charge in [-0.15, -0.1) is 24.0 Å². The number of halogens is 1. The largest absolute Gasteiger partial charge is 0.444 e. The molecular formula is C22H31IN4O3. The summed E-state index contributed by atoms with van der Waals surface area (Å²) in [7, 11) is 1.82. The molecule has 2 aliphatic rings. The standard InChI is InChI=1S/C22H30N4O3.HI/c1-16-5-7-17(8-6-16)21-25-18(15-29-21)9-10-24-22(23-2)26-11-13-28-20(14-26)19-4-3-12-27-19;/h5-8,15,19-20H,3-4,9-14H2,1-2H3,(H,23,24);1H. The molecule has 8 heteroatoms. The van der Waals surface area contributed by atoms with Crippen molar-refractivity contribution in [2.24, 2.45) is 4.99 Å². The minimum atomic E-state index is 0. The summed E-state index contributed by atoms with van der Waals surface area (Å²) >= 11 is 0. The van der Waals surface area contributed by atoms with Crippen molar-refractivity contribution in [3.05, 3.63) is 41.8 Å². The fourth-order valence-corrected chi connectivity index (χ4v) is 3.87. The van der Waals surface area contributed by atoms with Gasteiger partial charge >= 0.3 is 0 Å². The van der Waals surface area contributed by atoms with E-state index in [-0.39, 0.29) is 36.2 Å². The van der Waals surface area contributed by atoms with E-state index < -0.39 is 0 Å². The van der Waals surface area contributed by atoms with Crippen LogP contribution in [0.3, 0.4) is 0 Å². The number of nitrogens with one attached hydrogen (secondary N) is 1. The minimum absolute atomic E-state index is 0. The molecule has 2 fully saturated rings. The Labute approximate surface area is 195 Å². The zero-order valence-electron chi connectivity index (χ0n) is 17.7. The van der Waals surface area contributed by atoms with Crippen LogP contribution in [0.25, 0.3) is 11.5 Å². The number of morpholine rings is 1. The van der Waals surface area contributed by atoms with Crippen LogP contribution in [0.1, 0.15) is 24.1 Å². The van der Waals surface area contributed by atoms with Gasteiger partial charge in [0.1, 0.15) is 12.4 Å². The maximum atomic E-state index is 5.94. The van der Waals surface area contributed by atoms with Gasteiger partial charge in [-0.25, -0.2) is 4.98 Å². The fraction of sp³-hybridized carbons (Fsp3) is 0.545. The number of guanidine groups is 1. The predicted molar refractivity (Wildman–Crippen MR) is 127 cm³/mol. The first-order chi connectivity index (χ1) is 14.2. The fourth-order valence-electron chi connectivity index (χ4n) is 3.87. The monoisotopic (exact) mass is 526 g/mol. The van der Waals surface area contributed by atoms with Gasteiger partial charge in [0.15, 0.2) is 5.96 Å². The number of hydrogen-bond acceptors (Lipinski definition) is 5. The van der Waals surface area contributed by atoms with Crippen LogP contribution in [0, 0.1) is 6.92 Å². The molecular weight excluding hydrogens is 495 g/mol. The molecule has 0 aliphatic carbocycles. The lowest BCUT2D eigenvalue weighted by Gasteiger charge is -2.37. The first-order valence-corrected chi connectivity index (χ1v) is 10.4. The van der Waals surface area contributed by atoms with E-state index in [1.807, 2.05) is 19.2 Å². The molecule has 2 saturated heterocycles. The summed E-state index contributed by atoms with van der Waals surface area (Å²) in [5.74, 6) is 1.57. The molecule has 2 aromatic rings. The molecule has 164 valence electrons. The normalized spacial score (nSPS) is 22.1. The van der Waals surface area contributed by atoms with Crippen LogP contribution in [0.2, 0.25) is 0 Å². The Morgan fingerprint density at radius 1 is 1.20 bits per heavy atom. The summed E-state index contributed by atoms with van der Waals surface area (Å²) in [6.45, 7) is 6.01. The van der Waals surface area contributed by atoms with Crippen LogP contribution in [0.15, 0.2) is 39.9 Å². The van der Waals surface area contributed by atoms with Crippen molar-refractivity contribution < 1.29 is 13.9 Å². The number of hydrogen-bond donors (Lipinski definition) is 1. The highest BCUT2D eigenvalue weighted by molar-refractivity contribution is 14.0. The average Bonchev–Trinajstić information content (AvgIpc) is 3.44. The molecule has 0 saturated carbocycles. The number of benzene rings is 1. The maximum Gasteiger partial charge on any atom is 0.226 e. The molecule has 1 N–H and O–H groups in total. The molecule has 30 heavy (non-hydrogen) atoms. The van der Waals surface area contributed by atoms with E-state index in [0.717, 1.165) is 62.7 Å². The third-order valence-electron chi connectivity index (χ3n) is 5.50. The van der Waals surface area contributed by atoms with Crippen molar-refractivity contribution in [2.75, 3.05) is 39.9 Å². The molecule has 2 unspecified atom stereocenters. The molecule has 0 radical (unpaired) electrons. The van der Waals surface area contributed by atoms with Gasteiger partial charge in [0.25, 0.3) is 0 Å². The second-order valence-corrected chi connectivity index (χ2v) is 7.64. The van der Waals surface area contributed by atoms with Gasteiger partial charge in [-0.2, -0.15) is 0 Å². The van der Waals surface area contributed by atoms with Gasteiger partial charge in [-0.05, 0) is 31.9 Å². The Kier molecular flexibility index (Phi) is 8.52. The summed E-state index contributed by atoms with van der Waals surface area (Å²) < 4.78 is 17.4. The molecule has 4 rings (SSSR count). The van der Waals surface area contributed by atoms with Crippen LogP contribution in [-0.4, -0.2) is 67.9 Å². The molecule has 2 atom stereocenters.